The van der Waals surface area contributed by atoms with E-state index < -0.39 is 0 Å². The molecule has 5 nitrogen and oxygen atoms in total. The van der Waals surface area contributed by atoms with Crippen LogP contribution in [0.1, 0.15) is 41.3 Å². The molecule has 0 radical (unpaired) electrons. The van der Waals surface area contributed by atoms with Crippen LogP contribution in [0, 0.1) is 0 Å². The molecule has 0 unspecified atom stereocenters. The summed E-state index contributed by atoms with van der Waals surface area (Å²) in [6.45, 7) is 4.72. The smallest absolute Gasteiger partial charge is 0.251 e. The minimum Gasteiger partial charge on any atom is -0.496 e. The van der Waals surface area contributed by atoms with E-state index in [0.717, 1.165) is 17.0 Å². The first-order valence-electron chi connectivity index (χ1n) is 9.30. The second-order valence-corrected chi connectivity index (χ2v) is 6.83. The average molecular weight is 375 g/mol. The van der Waals surface area contributed by atoms with Gasteiger partial charge in [-0.05, 0) is 41.8 Å². The highest BCUT2D eigenvalue weighted by atomic mass is 16.5. The zero-order chi connectivity index (χ0) is 19.9. The van der Waals surface area contributed by atoms with Gasteiger partial charge in [0.15, 0.2) is 0 Å². The van der Waals surface area contributed by atoms with Gasteiger partial charge in [-0.25, -0.2) is 4.98 Å². The van der Waals surface area contributed by atoms with Crippen molar-refractivity contribution >= 4 is 17.4 Å². The third-order valence-corrected chi connectivity index (χ3v) is 4.50. The van der Waals surface area contributed by atoms with Crippen LogP contribution in [-0.4, -0.2) is 18.0 Å². The van der Waals surface area contributed by atoms with Crippen molar-refractivity contribution in [2.45, 2.75) is 26.3 Å². The van der Waals surface area contributed by atoms with Gasteiger partial charge >= 0.3 is 0 Å². The largest absolute Gasteiger partial charge is 0.496 e. The Morgan fingerprint density at radius 1 is 1.07 bits per heavy atom. The number of carbonyl (C=O) groups excluding carboxylic acids is 1. The fourth-order valence-corrected chi connectivity index (χ4v) is 2.87. The van der Waals surface area contributed by atoms with Crippen LogP contribution in [-0.2, 0) is 6.54 Å². The van der Waals surface area contributed by atoms with Gasteiger partial charge in [0.2, 0.25) is 0 Å². The summed E-state index contributed by atoms with van der Waals surface area (Å²) in [5.41, 5.74) is 3.69. The van der Waals surface area contributed by atoms with E-state index in [-0.39, 0.29) is 5.91 Å². The summed E-state index contributed by atoms with van der Waals surface area (Å²) < 4.78 is 5.32. The van der Waals surface area contributed by atoms with Crippen molar-refractivity contribution in [3.8, 4) is 5.75 Å². The lowest BCUT2D eigenvalue weighted by Gasteiger charge is -2.11. The van der Waals surface area contributed by atoms with Gasteiger partial charge in [-0.2, -0.15) is 0 Å². The molecule has 1 heterocycles. The van der Waals surface area contributed by atoms with Crippen LogP contribution in [0.15, 0.2) is 66.9 Å². The normalized spacial score (nSPS) is 10.6. The van der Waals surface area contributed by atoms with E-state index in [0.29, 0.717) is 23.8 Å². The Balaban J connectivity index is 1.66. The number of rotatable bonds is 7. The summed E-state index contributed by atoms with van der Waals surface area (Å²) in [5.74, 6) is 1.71. The molecular formula is C23H25N3O2. The molecule has 2 aromatic carbocycles. The highest BCUT2D eigenvalue weighted by molar-refractivity contribution is 5.94. The van der Waals surface area contributed by atoms with E-state index in [1.807, 2.05) is 36.4 Å². The molecule has 2 N–H and O–H groups in total. The number of amides is 1. The van der Waals surface area contributed by atoms with Crippen LogP contribution < -0.4 is 15.4 Å². The van der Waals surface area contributed by atoms with E-state index in [4.69, 9.17) is 4.74 Å². The molecular weight excluding hydrogens is 350 g/mol. The number of carbonyl (C=O) groups is 1. The standard InChI is InChI=1S/C23H25N3O2/c1-16(2)17-8-10-20(11-9-17)26-22-14-18(12-13-24-22)23(27)25-15-19-6-4-5-7-21(19)28-3/h4-14,16H,15H2,1-3H3,(H,24,26)(H,25,27). The molecule has 1 aromatic heterocycles. The van der Waals surface area contributed by atoms with Crippen molar-refractivity contribution in [1.29, 1.82) is 0 Å². The zero-order valence-electron chi connectivity index (χ0n) is 16.4. The van der Waals surface area contributed by atoms with Crippen LogP contribution >= 0.6 is 0 Å². The highest BCUT2D eigenvalue weighted by Gasteiger charge is 2.09. The van der Waals surface area contributed by atoms with Gasteiger partial charge in [-0.1, -0.05) is 44.2 Å². The maximum atomic E-state index is 12.5. The molecule has 0 aliphatic rings. The number of ether oxygens (including phenoxy) is 1. The van der Waals surface area contributed by atoms with Gasteiger partial charge < -0.3 is 15.4 Å². The number of methoxy groups -OCH3 is 1. The maximum absolute atomic E-state index is 12.5. The molecule has 0 saturated heterocycles. The van der Waals surface area contributed by atoms with Crippen LogP contribution in [0.25, 0.3) is 0 Å². The van der Waals surface area contributed by atoms with Crippen molar-refractivity contribution in [2.75, 3.05) is 12.4 Å². The monoisotopic (exact) mass is 375 g/mol. The fraction of sp³-hybridized carbons (Fsp3) is 0.217. The van der Waals surface area contributed by atoms with Gasteiger partial charge in [0.05, 0.1) is 7.11 Å². The van der Waals surface area contributed by atoms with E-state index in [1.54, 1.807) is 25.4 Å². The molecule has 144 valence electrons. The van der Waals surface area contributed by atoms with E-state index >= 15 is 0 Å². The number of aromatic nitrogens is 1. The van der Waals surface area contributed by atoms with Gasteiger partial charge in [0.25, 0.3) is 5.91 Å². The van der Waals surface area contributed by atoms with Crippen molar-refractivity contribution < 1.29 is 9.53 Å². The van der Waals surface area contributed by atoms with Crippen LogP contribution in [0.5, 0.6) is 5.75 Å². The molecule has 3 rings (SSSR count). The first-order valence-corrected chi connectivity index (χ1v) is 9.30. The van der Waals surface area contributed by atoms with Crippen molar-refractivity contribution in [3.63, 3.8) is 0 Å². The van der Waals surface area contributed by atoms with Crippen molar-refractivity contribution in [1.82, 2.24) is 10.3 Å². The highest BCUT2D eigenvalue weighted by Crippen LogP contribution is 2.20. The summed E-state index contributed by atoms with van der Waals surface area (Å²) >= 11 is 0. The van der Waals surface area contributed by atoms with Crippen molar-refractivity contribution in [2.24, 2.45) is 0 Å². The minimum atomic E-state index is -0.161. The summed E-state index contributed by atoms with van der Waals surface area (Å²) in [6, 6.07) is 19.3. The first kappa shape index (κ1) is 19.4. The van der Waals surface area contributed by atoms with Gasteiger partial charge in [-0.15, -0.1) is 0 Å². The third kappa shape index (κ3) is 4.88. The molecule has 0 bridgehead atoms. The average Bonchev–Trinajstić information content (AvgIpc) is 2.72. The number of hydrogen-bond acceptors (Lipinski definition) is 4. The lowest BCUT2D eigenvalue weighted by Crippen LogP contribution is -2.23. The summed E-state index contributed by atoms with van der Waals surface area (Å²) in [6.07, 6.45) is 1.63. The Kier molecular flexibility index (Phi) is 6.27. The molecule has 3 aromatic rings. The van der Waals surface area contributed by atoms with Gasteiger partial charge in [0.1, 0.15) is 11.6 Å². The summed E-state index contributed by atoms with van der Waals surface area (Å²) in [5, 5.41) is 6.17. The van der Waals surface area contributed by atoms with Crippen LogP contribution in [0.3, 0.4) is 0 Å². The lowest BCUT2D eigenvalue weighted by atomic mass is 10.0. The Morgan fingerprint density at radius 3 is 2.54 bits per heavy atom. The molecule has 1 amide bonds. The molecule has 0 aliphatic heterocycles. The molecule has 0 fully saturated rings. The van der Waals surface area contributed by atoms with Crippen molar-refractivity contribution in [3.05, 3.63) is 83.6 Å². The van der Waals surface area contributed by atoms with Crippen LogP contribution in [0.2, 0.25) is 0 Å². The summed E-state index contributed by atoms with van der Waals surface area (Å²) in [7, 11) is 1.62. The van der Waals surface area contributed by atoms with E-state index in [1.165, 1.54) is 5.56 Å². The number of nitrogens with one attached hydrogen (secondary N) is 2. The molecule has 5 heteroatoms. The minimum absolute atomic E-state index is 0.161. The maximum Gasteiger partial charge on any atom is 0.251 e. The lowest BCUT2D eigenvalue weighted by molar-refractivity contribution is 0.0950. The molecule has 0 spiro atoms. The quantitative estimate of drug-likeness (QED) is 0.617. The second kappa shape index (κ2) is 9.04. The molecule has 28 heavy (non-hydrogen) atoms. The van der Waals surface area contributed by atoms with Crippen LogP contribution in [0.4, 0.5) is 11.5 Å². The molecule has 0 atom stereocenters. The third-order valence-electron chi connectivity index (χ3n) is 4.50. The van der Waals surface area contributed by atoms with Gasteiger partial charge in [-0.3, -0.25) is 4.79 Å². The Labute approximate surface area is 165 Å². The number of benzene rings is 2. The number of anilines is 2. The Morgan fingerprint density at radius 2 is 1.82 bits per heavy atom. The fourth-order valence-electron chi connectivity index (χ4n) is 2.87. The zero-order valence-corrected chi connectivity index (χ0v) is 16.4. The Hall–Kier alpha value is -3.34. The van der Waals surface area contributed by atoms with Gasteiger partial charge in [0, 0.05) is 29.6 Å². The molecule has 0 saturated carbocycles. The number of para-hydroxylation sites is 1. The second-order valence-electron chi connectivity index (χ2n) is 6.83. The number of nitrogens with zero attached hydrogens (tertiary/aromatic N) is 1. The number of hydrogen-bond donors (Lipinski definition) is 2. The predicted octanol–water partition coefficient (Wildman–Crippen LogP) is 4.89. The SMILES string of the molecule is COc1ccccc1CNC(=O)c1ccnc(Nc2ccc(C(C)C)cc2)c1. The predicted molar refractivity (Wildman–Crippen MR) is 112 cm³/mol. The summed E-state index contributed by atoms with van der Waals surface area (Å²) in [4.78, 5) is 16.8. The molecule has 0 aliphatic carbocycles. The first-order chi connectivity index (χ1) is 13.6. The van der Waals surface area contributed by atoms with E-state index in [9.17, 15) is 4.79 Å². The number of pyridine rings is 1. The topological polar surface area (TPSA) is 63.2 Å². The van der Waals surface area contributed by atoms with E-state index in [2.05, 4.69) is 41.6 Å². The Bertz CT molecular complexity index is 937.